The quantitative estimate of drug-likeness (QED) is 0.553. The first-order valence-electron chi connectivity index (χ1n) is 6.17. The lowest BCUT2D eigenvalue weighted by molar-refractivity contribution is -0.137. The van der Waals surface area contributed by atoms with Gasteiger partial charge in [-0.3, -0.25) is 4.79 Å². The summed E-state index contributed by atoms with van der Waals surface area (Å²) in [4.78, 5) is 12.2. The van der Waals surface area contributed by atoms with Crippen molar-refractivity contribution in [2.24, 2.45) is 5.92 Å². The van der Waals surface area contributed by atoms with Gasteiger partial charge < -0.3 is 0 Å². The van der Waals surface area contributed by atoms with Crippen molar-refractivity contribution in [2.45, 2.75) is 44.7 Å². The molecule has 0 atom stereocenters. The second-order valence-electron chi connectivity index (χ2n) is 4.75. The average molecular weight is 276 g/mol. The topological polar surface area (TPSA) is 17.1 Å². The molecule has 100 valence electrons. The average Bonchev–Trinajstić information content (AvgIpc) is 2.64. The molecule has 1 nitrogen and oxygen atoms in total. The predicted octanol–water partition coefficient (Wildman–Crippen LogP) is 4.92. The molecule has 0 aromatic carbocycles. The monoisotopic (exact) mass is 276 g/mol. The molecule has 1 aliphatic carbocycles. The van der Waals surface area contributed by atoms with E-state index in [4.69, 9.17) is 0 Å². The Kier molecular flexibility index (Phi) is 4.10. The van der Waals surface area contributed by atoms with Gasteiger partial charge in [0.1, 0.15) is 0 Å². The lowest BCUT2D eigenvalue weighted by atomic mass is 9.90. The van der Waals surface area contributed by atoms with E-state index in [9.17, 15) is 18.0 Å². The molecule has 1 heterocycles. The second-order valence-corrected chi connectivity index (χ2v) is 5.49. The summed E-state index contributed by atoms with van der Waals surface area (Å²) in [6.07, 6.45) is 1.09. The third-order valence-corrected chi connectivity index (χ3v) is 4.20. The number of ketones is 1. The SMILES string of the molecule is O=C(c1cscc1C(F)(F)F)C1CCCCCC1. The summed E-state index contributed by atoms with van der Waals surface area (Å²) in [5, 5.41) is 2.37. The number of hydrogen-bond donors (Lipinski definition) is 0. The minimum atomic E-state index is -4.42. The largest absolute Gasteiger partial charge is 0.417 e. The van der Waals surface area contributed by atoms with Gasteiger partial charge in [-0.25, -0.2) is 0 Å². The zero-order valence-electron chi connectivity index (χ0n) is 9.93. The Bertz CT molecular complexity index is 414. The van der Waals surface area contributed by atoms with Crippen LogP contribution in [0.1, 0.15) is 54.4 Å². The zero-order chi connectivity index (χ0) is 13.2. The zero-order valence-corrected chi connectivity index (χ0v) is 10.7. The standard InChI is InChI=1S/C13H15F3OS/c14-13(15,16)11-8-18-7-10(11)12(17)9-5-3-1-2-4-6-9/h7-9H,1-6H2. The van der Waals surface area contributed by atoms with Crippen molar-refractivity contribution < 1.29 is 18.0 Å². The Balaban J connectivity index is 2.20. The van der Waals surface area contributed by atoms with Gasteiger partial charge in [-0.1, -0.05) is 25.7 Å². The van der Waals surface area contributed by atoms with Crippen LogP contribution in [0.2, 0.25) is 0 Å². The second kappa shape index (κ2) is 5.43. The van der Waals surface area contributed by atoms with Crippen LogP contribution < -0.4 is 0 Å². The predicted molar refractivity (Wildman–Crippen MR) is 64.8 cm³/mol. The van der Waals surface area contributed by atoms with E-state index in [2.05, 4.69) is 0 Å². The Morgan fingerprint density at radius 1 is 1.11 bits per heavy atom. The number of alkyl halides is 3. The molecule has 1 saturated carbocycles. The van der Waals surface area contributed by atoms with Crippen molar-refractivity contribution in [2.75, 3.05) is 0 Å². The van der Waals surface area contributed by atoms with E-state index in [-0.39, 0.29) is 17.3 Å². The minimum Gasteiger partial charge on any atom is -0.294 e. The molecule has 0 amide bonds. The molecule has 1 aliphatic rings. The molecule has 0 unspecified atom stereocenters. The summed E-state index contributed by atoms with van der Waals surface area (Å²) in [5.74, 6) is -0.534. The molecule has 0 spiro atoms. The van der Waals surface area contributed by atoms with E-state index in [0.717, 1.165) is 55.2 Å². The van der Waals surface area contributed by atoms with E-state index in [0.29, 0.717) is 0 Å². The Labute approximate surface area is 108 Å². The summed E-state index contributed by atoms with van der Waals surface area (Å²) >= 11 is 0.950. The van der Waals surface area contributed by atoms with E-state index in [1.54, 1.807) is 0 Å². The fraction of sp³-hybridized carbons (Fsp3) is 0.615. The number of carbonyl (C=O) groups excluding carboxylic acids is 1. The molecule has 0 N–H and O–H groups in total. The molecule has 1 aromatic heterocycles. The normalized spacial score (nSPS) is 18.6. The van der Waals surface area contributed by atoms with Gasteiger partial charge in [0, 0.05) is 22.2 Å². The van der Waals surface area contributed by atoms with Crippen molar-refractivity contribution >= 4 is 17.1 Å². The Hall–Kier alpha value is -0.840. The van der Waals surface area contributed by atoms with Gasteiger partial charge in [-0.2, -0.15) is 24.5 Å². The highest BCUT2D eigenvalue weighted by Crippen LogP contribution is 2.36. The van der Waals surface area contributed by atoms with Gasteiger partial charge in [0.05, 0.1) is 5.56 Å². The van der Waals surface area contributed by atoms with Crippen molar-refractivity contribution in [3.63, 3.8) is 0 Å². The van der Waals surface area contributed by atoms with Gasteiger partial charge in [-0.05, 0) is 12.8 Å². The molecule has 1 aromatic rings. The van der Waals surface area contributed by atoms with E-state index in [1.807, 2.05) is 0 Å². The number of halogens is 3. The molecule has 2 rings (SSSR count). The molecule has 18 heavy (non-hydrogen) atoms. The van der Waals surface area contributed by atoms with Crippen LogP contribution in [0.3, 0.4) is 0 Å². The van der Waals surface area contributed by atoms with Gasteiger partial charge in [0.15, 0.2) is 5.78 Å². The fourth-order valence-electron chi connectivity index (χ4n) is 2.47. The van der Waals surface area contributed by atoms with E-state index < -0.39 is 11.7 Å². The maximum atomic E-state index is 12.7. The highest BCUT2D eigenvalue weighted by Gasteiger charge is 2.37. The molecule has 0 aliphatic heterocycles. The molecule has 0 bridgehead atoms. The highest BCUT2D eigenvalue weighted by atomic mass is 32.1. The molecule has 1 fully saturated rings. The molecular formula is C13H15F3OS. The van der Waals surface area contributed by atoms with Crippen LogP contribution in [-0.2, 0) is 6.18 Å². The third kappa shape index (κ3) is 2.94. The number of Topliss-reactive ketones (excluding diaryl/α,β-unsaturated/α-hetero) is 1. The third-order valence-electron chi connectivity index (χ3n) is 3.46. The van der Waals surface area contributed by atoms with Crippen LogP contribution in [0, 0.1) is 5.92 Å². The van der Waals surface area contributed by atoms with Crippen molar-refractivity contribution in [1.82, 2.24) is 0 Å². The highest BCUT2D eigenvalue weighted by molar-refractivity contribution is 7.08. The first-order valence-corrected chi connectivity index (χ1v) is 7.12. The van der Waals surface area contributed by atoms with Crippen LogP contribution in [0.4, 0.5) is 13.2 Å². The first-order chi connectivity index (χ1) is 8.50. The smallest absolute Gasteiger partial charge is 0.294 e. The number of rotatable bonds is 2. The summed E-state index contributed by atoms with van der Waals surface area (Å²) in [6.45, 7) is 0. The Morgan fingerprint density at radius 3 is 2.28 bits per heavy atom. The van der Waals surface area contributed by atoms with Crippen molar-refractivity contribution in [1.29, 1.82) is 0 Å². The maximum absolute atomic E-state index is 12.7. The number of hydrogen-bond acceptors (Lipinski definition) is 2. The summed E-state index contributed by atoms with van der Waals surface area (Å²) in [5.41, 5.74) is -0.888. The lowest BCUT2D eigenvalue weighted by Crippen LogP contribution is -2.18. The minimum absolute atomic E-state index is 0.126. The number of thiophene rings is 1. The van der Waals surface area contributed by atoms with E-state index in [1.165, 1.54) is 5.38 Å². The lowest BCUT2D eigenvalue weighted by Gasteiger charge is -2.14. The van der Waals surface area contributed by atoms with Gasteiger partial charge in [0.25, 0.3) is 0 Å². The van der Waals surface area contributed by atoms with Crippen LogP contribution >= 0.6 is 11.3 Å². The van der Waals surface area contributed by atoms with Crippen LogP contribution in [0.25, 0.3) is 0 Å². The first kappa shape index (κ1) is 13.6. The fourth-order valence-corrected chi connectivity index (χ4v) is 3.31. The molecular weight excluding hydrogens is 261 g/mol. The summed E-state index contributed by atoms with van der Waals surface area (Å²) < 4.78 is 38.2. The van der Waals surface area contributed by atoms with Crippen LogP contribution in [0.5, 0.6) is 0 Å². The maximum Gasteiger partial charge on any atom is 0.417 e. The van der Waals surface area contributed by atoms with Gasteiger partial charge in [-0.15, -0.1) is 0 Å². The summed E-state index contributed by atoms with van der Waals surface area (Å²) in [7, 11) is 0. The molecule has 0 saturated heterocycles. The van der Waals surface area contributed by atoms with Crippen molar-refractivity contribution in [3.05, 3.63) is 21.9 Å². The van der Waals surface area contributed by atoms with Crippen molar-refractivity contribution in [3.8, 4) is 0 Å². The molecule has 0 radical (unpaired) electrons. The van der Waals surface area contributed by atoms with Gasteiger partial charge >= 0.3 is 6.18 Å². The number of carbonyl (C=O) groups is 1. The summed E-state index contributed by atoms with van der Waals surface area (Å²) in [6, 6.07) is 0. The van der Waals surface area contributed by atoms with Gasteiger partial charge in [0.2, 0.25) is 0 Å². The Morgan fingerprint density at radius 2 is 1.72 bits per heavy atom. The molecule has 5 heteroatoms. The van der Waals surface area contributed by atoms with Crippen LogP contribution in [-0.4, -0.2) is 5.78 Å². The van der Waals surface area contributed by atoms with E-state index >= 15 is 0 Å². The van der Waals surface area contributed by atoms with Crippen LogP contribution in [0.15, 0.2) is 10.8 Å².